The van der Waals surface area contributed by atoms with Crippen molar-refractivity contribution in [2.24, 2.45) is 0 Å². The highest BCUT2D eigenvalue weighted by Crippen LogP contribution is 2.29. The van der Waals surface area contributed by atoms with Crippen molar-refractivity contribution < 1.29 is 4.42 Å². The van der Waals surface area contributed by atoms with E-state index in [1.165, 1.54) is 5.56 Å². The molecule has 0 aliphatic heterocycles. The maximum absolute atomic E-state index is 5.92. The minimum absolute atomic E-state index is 0.815. The van der Waals surface area contributed by atoms with Crippen LogP contribution in [0.2, 0.25) is 0 Å². The number of aromatic nitrogens is 1. The summed E-state index contributed by atoms with van der Waals surface area (Å²) in [6.45, 7) is 2.08. The summed E-state index contributed by atoms with van der Waals surface area (Å²) >= 11 is 0. The maximum atomic E-state index is 5.92. The Morgan fingerprint density at radius 3 is 2.36 bits per heavy atom. The summed E-state index contributed by atoms with van der Waals surface area (Å²) in [5.41, 5.74) is 5.22. The first-order chi connectivity index (χ1) is 10.8. The molecule has 2 aromatic carbocycles. The third kappa shape index (κ3) is 2.29. The predicted molar refractivity (Wildman–Crippen MR) is 89.6 cm³/mol. The van der Waals surface area contributed by atoms with Crippen molar-refractivity contribution >= 4 is 11.0 Å². The Kier molecular flexibility index (Phi) is 3.01. The van der Waals surface area contributed by atoms with Crippen LogP contribution in [0.5, 0.6) is 0 Å². The van der Waals surface area contributed by atoms with E-state index in [0.29, 0.717) is 0 Å². The number of aryl methyl sites for hydroxylation is 1. The Morgan fingerprint density at radius 2 is 1.59 bits per heavy atom. The lowest BCUT2D eigenvalue weighted by atomic mass is 10.1. The van der Waals surface area contributed by atoms with Crippen LogP contribution >= 0.6 is 0 Å². The summed E-state index contributed by atoms with van der Waals surface area (Å²) in [6, 6.07) is 22.7. The molecule has 2 nitrogen and oxygen atoms in total. The van der Waals surface area contributed by atoms with E-state index in [1.54, 1.807) is 6.20 Å². The van der Waals surface area contributed by atoms with Gasteiger partial charge >= 0.3 is 0 Å². The van der Waals surface area contributed by atoms with E-state index < -0.39 is 0 Å². The average Bonchev–Trinajstić information content (AvgIpc) is 2.99. The Labute approximate surface area is 129 Å². The molecule has 0 radical (unpaired) electrons. The van der Waals surface area contributed by atoms with Gasteiger partial charge in [-0.05, 0) is 19.1 Å². The Hall–Kier alpha value is -2.87. The molecule has 4 rings (SSSR count). The van der Waals surface area contributed by atoms with Gasteiger partial charge in [-0.3, -0.25) is 4.98 Å². The number of nitrogens with zero attached hydrogens (tertiary/aromatic N) is 1. The van der Waals surface area contributed by atoms with Crippen LogP contribution in [0, 0.1) is 6.92 Å². The summed E-state index contributed by atoms with van der Waals surface area (Å²) < 4.78 is 5.92. The van der Waals surface area contributed by atoms with Crippen LogP contribution in [0.15, 0.2) is 77.3 Å². The predicted octanol–water partition coefficient (Wildman–Crippen LogP) is 5.47. The standard InChI is InChI=1S/C20H15NO/c1-14-7-9-16(10-8-14)19-12-17-11-18(21-13-20(17)22-19)15-5-3-2-4-6-15/h2-13H,1H3. The lowest BCUT2D eigenvalue weighted by Gasteiger charge is -1.99. The highest BCUT2D eigenvalue weighted by atomic mass is 16.3. The van der Waals surface area contributed by atoms with Crippen LogP contribution in [0.1, 0.15) is 5.56 Å². The number of benzene rings is 2. The molecule has 2 heteroatoms. The van der Waals surface area contributed by atoms with Crippen molar-refractivity contribution in [1.82, 2.24) is 4.98 Å². The molecule has 0 saturated carbocycles. The van der Waals surface area contributed by atoms with E-state index >= 15 is 0 Å². The first kappa shape index (κ1) is 12.8. The first-order valence-corrected chi connectivity index (χ1v) is 7.32. The quantitative estimate of drug-likeness (QED) is 0.488. The largest absolute Gasteiger partial charge is 0.454 e. The van der Waals surface area contributed by atoms with Gasteiger partial charge in [0, 0.05) is 16.5 Å². The molecule has 0 saturated heterocycles. The van der Waals surface area contributed by atoms with E-state index in [0.717, 1.165) is 33.6 Å². The minimum Gasteiger partial charge on any atom is -0.454 e. The van der Waals surface area contributed by atoms with Gasteiger partial charge in [0.05, 0.1) is 11.9 Å². The molecule has 0 aliphatic rings. The van der Waals surface area contributed by atoms with Gasteiger partial charge in [0.25, 0.3) is 0 Å². The van der Waals surface area contributed by atoms with Crippen molar-refractivity contribution in [3.63, 3.8) is 0 Å². The fourth-order valence-corrected chi connectivity index (χ4v) is 2.57. The van der Waals surface area contributed by atoms with Crippen LogP contribution < -0.4 is 0 Å². The molecule has 0 aliphatic carbocycles. The fraction of sp³-hybridized carbons (Fsp3) is 0.0500. The van der Waals surface area contributed by atoms with Gasteiger partial charge in [-0.15, -0.1) is 0 Å². The van der Waals surface area contributed by atoms with E-state index in [4.69, 9.17) is 4.42 Å². The van der Waals surface area contributed by atoms with Crippen LogP contribution in [-0.2, 0) is 0 Å². The highest BCUT2D eigenvalue weighted by Gasteiger charge is 2.08. The van der Waals surface area contributed by atoms with E-state index in [-0.39, 0.29) is 0 Å². The smallest absolute Gasteiger partial charge is 0.153 e. The lowest BCUT2D eigenvalue weighted by Crippen LogP contribution is -1.81. The molecule has 22 heavy (non-hydrogen) atoms. The number of fused-ring (bicyclic) bond motifs is 1. The Bertz CT molecular complexity index is 921. The van der Waals surface area contributed by atoms with Gasteiger partial charge in [-0.1, -0.05) is 60.2 Å². The zero-order valence-electron chi connectivity index (χ0n) is 12.3. The van der Waals surface area contributed by atoms with Crippen molar-refractivity contribution in [3.05, 3.63) is 78.5 Å². The second kappa shape index (κ2) is 5.15. The monoisotopic (exact) mass is 285 g/mol. The molecule has 2 aromatic heterocycles. The maximum Gasteiger partial charge on any atom is 0.153 e. The summed E-state index contributed by atoms with van der Waals surface area (Å²) in [5.74, 6) is 0.877. The molecular weight excluding hydrogens is 270 g/mol. The Morgan fingerprint density at radius 1 is 0.818 bits per heavy atom. The number of furan rings is 1. The number of pyridine rings is 1. The van der Waals surface area contributed by atoms with Crippen molar-refractivity contribution in [2.75, 3.05) is 0 Å². The topological polar surface area (TPSA) is 26.0 Å². The Balaban J connectivity index is 1.80. The number of hydrogen-bond donors (Lipinski definition) is 0. The highest BCUT2D eigenvalue weighted by molar-refractivity contribution is 5.85. The molecule has 0 amide bonds. The van der Waals surface area contributed by atoms with Crippen molar-refractivity contribution in [2.45, 2.75) is 6.92 Å². The molecule has 0 fully saturated rings. The molecule has 0 unspecified atom stereocenters. The molecule has 0 bridgehead atoms. The normalized spacial score (nSPS) is 11.0. The van der Waals surface area contributed by atoms with Crippen LogP contribution in [-0.4, -0.2) is 4.98 Å². The van der Waals surface area contributed by atoms with Gasteiger partial charge in [0.1, 0.15) is 5.76 Å². The molecule has 0 N–H and O–H groups in total. The van der Waals surface area contributed by atoms with Crippen LogP contribution in [0.3, 0.4) is 0 Å². The third-order valence-corrected chi connectivity index (χ3v) is 3.81. The molecule has 2 heterocycles. The number of rotatable bonds is 2. The molecule has 0 atom stereocenters. The van der Waals surface area contributed by atoms with Crippen molar-refractivity contribution in [3.8, 4) is 22.6 Å². The SMILES string of the molecule is Cc1ccc(-c2cc3cc(-c4ccccc4)ncc3o2)cc1. The van der Waals surface area contributed by atoms with Gasteiger partial charge < -0.3 is 4.42 Å². The molecule has 106 valence electrons. The molecular formula is C20H15NO. The molecule has 0 spiro atoms. The third-order valence-electron chi connectivity index (χ3n) is 3.81. The summed E-state index contributed by atoms with van der Waals surface area (Å²) in [7, 11) is 0. The second-order valence-electron chi connectivity index (χ2n) is 5.45. The zero-order chi connectivity index (χ0) is 14.9. The van der Waals surface area contributed by atoms with E-state index in [9.17, 15) is 0 Å². The van der Waals surface area contributed by atoms with Crippen molar-refractivity contribution in [1.29, 1.82) is 0 Å². The van der Waals surface area contributed by atoms with E-state index in [2.05, 4.69) is 60.4 Å². The van der Waals surface area contributed by atoms with Gasteiger partial charge in [0.15, 0.2) is 5.58 Å². The summed E-state index contributed by atoms with van der Waals surface area (Å²) in [5, 5.41) is 1.07. The van der Waals surface area contributed by atoms with Gasteiger partial charge in [-0.25, -0.2) is 0 Å². The molecule has 4 aromatic rings. The van der Waals surface area contributed by atoms with Crippen LogP contribution in [0.25, 0.3) is 33.6 Å². The van der Waals surface area contributed by atoms with Gasteiger partial charge in [-0.2, -0.15) is 0 Å². The number of hydrogen-bond acceptors (Lipinski definition) is 2. The van der Waals surface area contributed by atoms with Gasteiger partial charge in [0.2, 0.25) is 0 Å². The first-order valence-electron chi connectivity index (χ1n) is 7.32. The summed E-state index contributed by atoms with van der Waals surface area (Å²) in [4.78, 5) is 4.50. The summed E-state index contributed by atoms with van der Waals surface area (Å²) in [6.07, 6.45) is 1.80. The zero-order valence-corrected chi connectivity index (χ0v) is 12.3. The average molecular weight is 285 g/mol. The van der Waals surface area contributed by atoms with Crippen LogP contribution in [0.4, 0.5) is 0 Å². The fourth-order valence-electron chi connectivity index (χ4n) is 2.57. The minimum atomic E-state index is 0.815. The second-order valence-corrected chi connectivity index (χ2v) is 5.45. The lowest BCUT2D eigenvalue weighted by molar-refractivity contribution is 0.630. The van der Waals surface area contributed by atoms with E-state index in [1.807, 2.05) is 18.2 Å².